The number of hydrogen-bond acceptors (Lipinski definition) is 2. The van der Waals surface area contributed by atoms with Gasteiger partial charge in [0.05, 0.1) is 12.6 Å². The maximum atomic E-state index is 12.6. The molecule has 1 atom stereocenters. The van der Waals surface area contributed by atoms with Crippen LogP contribution in [0.2, 0.25) is 0 Å². The zero-order valence-electron chi connectivity index (χ0n) is 13.6. The minimum absolute atomic E-state index is 0.521. The van der Waals surface area contributed by atoms with Crippen LogP contribution in [0.5, 0.6) is 0 Å². The van der Waals surface area contributed by atoms with Crippen molar-refractivity contribution in [3.8, 4) is 0 Å². The highest BCUT2D eigenvalue weighted by atomic mass is 32.1. The Labute approximate surface area is 143 Å². The number of nitrogens with one attached hydrogen (secondary N) is 1. The molecule has 1 aliphatic rings. The second kappa shape index (κ2) is 6.33. The summed E-state index contributed by atoms with van der Waals surface area (Å²) in [6.45, 7) is 1.19. The molecule has 0 amide bonds. The molecule has 0 aliphatic heterocycles. The lowest BCUT2D eigenvalue weighted by atomic mass is 10.1. The highest BCUT2D eigenvalue weighted by molar-refractivity contribution is 7.71. The molecular formula is C16H20F3N4S+. The van der Waals surface area contributed by atoms with Gasteiger partial charge in [-0.05, 0) is 37.2 Å². The van der Waals surface area contributed by atoms with Crippen molar-refractivity contribution in [1.29, 1.82) is 0 Å². The Bertz CT molecular complexity index is 772. The highest BCUT2D eigenvalue weighted by Gasteiger charge is 2.30. The molecule has 1 aromatic carbocycles. The molecule has 1 fully saturated rings. The summed E-state index contributed by atoms with van der Waals surface area (Å²) < 4.78 is 42.2. The third-order valence-electron chi connectivity index (χ3n) is 4.22. The first-order valence-corrected chi connectivity index (χ1v) is 8.27. The summed E-state index contributed by atoms with van der Waals surface area (Å²) in [4.78, 5) is 1.10. The van der Waals surface area contributed by atoms with Gasteiger partial charge in [-0.2, -0.15) is 23.0 Å². The summed E-state index contributed by atoms with van der Waals surface area (Å²) in [6.07, 6.45) is -1.97. The summed E-state index contributed by atoms with van der Waals surface area (Å²) in [6, 6.07) is 5.31. The monoisotopic (exact) mass is 357 g/mol. The summed E-state index contributed by atoms with van der Waals surface area (Å²) in [5.74, 6) is 1.55. The van der Waals surface area contributed by atoms with Gasteiger partial charge in [0, 0.05) is 18.5 Å². The zero-order valence-corrected chi connectivity index (χ0v) is 14.4. The molecular weight excluding hydrogens is 337 g/mol. The third-order valence-corrected chi connectivity index (χ3v) is 4.71. The molecule has 8 heteroatoms. The molecule has 0 saturated heterocycles. The lowest BCUT2D eigenvalue weighted by Gasteiger charge is -2.14. The first kappa shape index (κ1) is 17.2. The Balaban J connectivity index is 1.66. The molecule has 2 aromatic rings. The van der Waals surface area contributed by atoms with Crippen LogP contribution < -0.4 is 4.90 Å². The van der Waals surface area contributed by atoms with Crippen molar-refractivity contribution in [3.05, 3.63) is 46.0 Å². The molecule has 1 saturated carbocycles. The SMILES string of the molecule is Cn1c(C2CC2)nn(C[NH+](C)Cc2ccc(C(F)(F)F)cc2)c1=S. The summed E-state index contributed by atoms with van der Waals surface area (Å²) >= 11 is 5.43. The van der Waals surface area contributed by atoms with E-state index in [0.717, 1.165) is 41.3 Å². The quantitative estimate of drug-likeness (QED) is 0.833. The van der Waals surface area contributed by atoms with Crippen molar-refractivity contribution in [2.75, 3.05) is 7.05 Å². The van der Waals surface area contributed by atoms with Gasteiger partial charge in [0.2, 0.25) is 4.77 Å². The summed E-state index contributed by atoms with van der Waals surface area (Å²) in [7, 11) is 3.91. The number of rotatable bonds is 5. The van der Waals surface area contributed by atoms with Crippen molar-refractivity contribution in [2.45, 2.75) is 38.1 Å². The van der Waals surface area contributed by atoms with Gasteiger partial charge in [-0.15, -0.1) is 0 Å². The first-order chi connectivity index (χ1) is 11.3. The maximum Gasteiger partial charge on any atom is 0.416 e. The molecule has 1 aliphatic carbocycles. The molecule has 0 bridgehead atoms. The molecule has 1 N–H and O–H groups in total. The van der Waals surface area contributed by atoms with Crippen LogP contribution in [0.4, 0.5) is 13.2 Å². The molecule has 130 valence electrons. The van der Waals surface area contributed by atoms with Crippen LogP contribution in [0.1, 0.15) is 35.7 Å². The molecule has 1 unspecified atom stereocenters. The summed E-state index contributed by atoms with van der Waals surface area (Å²) in [5, 5.41) is 4.61. The van der Waals surface area contributed by atoms with E-state index in [1.807, 2.05) is 23.3 Å². The smallest absolute Gasteiger partial charge is 0.315 e. The molecule has 4 nitrogen and oxygen atoms in total. The fraction of sp³-hybridized carbons (Fsp3) is 0.500. The first-order valence-electron chi connectivity index (χ1n) is 7.87. The molecule has 0 spiro atoms. The van der Waals surface area contributed by atoms with Crippen LogP contribution in [0.25, 0.3) is 0 Å². The highest BCUT2D eigenvalue weighted by Crippen LogP contribution is 2.38. The van der Waals surface area contributed by atoms with Crippen molar-refractivity contribution >= 4 is 12.2 Å². The van der Waals surface area contributed by atoms with Crippen LogP contribution in [0.3, 0.4) is 0 Å². The van der Waals surface area contributed by atoms with Crippen LogP contribution >= 0.6 is 12.2 Å². The van der Waals surface area contributed by atoms with E-state index in [1.54, 1.807) is 0 Å². The van der Waals surface area contributed by atoms with Gasteiger partial charge in [-0.3, -0.25) is 0 Å². The van der Waals surface area contributed by atoms with Gasteiger partial charge >= 0.3 is 6.18 Å². The Hall–Kier alpha value is -1.67. The van der Waals surface area contributed by atoms with Crippen LogP contribution in [0.15, 0.2) is 24.3 Å². The van der Waals surface area contributed by atoms with Gasteiger partial charge in [-0.1, -0.05) is 12.1 Å². The fourth-order valence-corrected chi connectivity index (χ4v) is 2.98. The molecule has 1 heterocycles. The lowest BCUT2D eigenvalue weighted by molar-refractivity contribution is -0.917. The zero-order chi connectivity index (χ0) is 17.5. The number of halogens is 3. The van der Waals surface area contributed by atoms with Crippen molar-refractivity contribution < 1.29 is 18.1 Å². The minimum atomic E-state index is -4.29. The number of quaternary nitrogens is 1. The normalized spacial score (nSPS) is 16.4. The van der Waals surface area contributed by atoms with Crippen LogP contribution in [-0.2, 0) is 26.4 Å². The second-order valence-electron chi connectivity index (χ2n) is 6.46. The standard InChI is InChI=1S/C16H19F3N4S/c1-21(9-11-3-7-13(8-4-11)16(17,18)19)10-23-15(24)22(2)14(20-23)12-5-6-12/h3-4,7-8,12H,5-6,9-10H2,1-2H3/p+1. The Morgan fingerprint density at radius 2 is 1.88 bits per heavy atom. The predicted molar refractivity (Wildman–Crippen MR) is 86.0 cm³/mol. The number of benzene rings is 1. The van der Waals surface area contributed by atoms with Gasteiger partial charge < -0.3 is 9.47 Å². The van der Waals surface area contributed by atoms with Crippen LogP contribution in [-0.4, -0.2) is 21.4 Å². The van der Waals surface area contributed by atoms with Gasteiger partial charge in [0.1, 0.15) is 12.4 Å². The van der Waals surface area contributed by atoms with E-state index >= 15 is 0 Å². The van der Waals surface area contributed by atoms with Gasteiger partial charge in [0.25, 0.3) is 0 Å². The molecule has 24 heavy (non-hydrogen) atoms. The van der Waals surface area contributed by atoms with E-state index in [0.29, 0.717) is 23.9 Å². The lowest BCUT2D eigenvalue weighted by Crippen LogP contribution is -3.07. The number of nitrogens with zero attached hydrogens (tertiary/aromatic N) is 3. The average Bonchev–Trinajstić information content (AvgIpc) is 3.30. The van der Waals surface area contributed by atoms with E-state index in [2.05, 4.69) is 5.10 Å². The largest absolute Gasteiger partial charge is 0.416 e. The Morgan fingerprint density at radius 3 is 2.42 bits per heavy atom. The van der Waals surface area contributed by atoms with E-state index in [4.69, 9.17) is 12.2 Å². The maximum absolute atomic E-state index is 12.6. The Kier molecular flexibility index (Phi) is 4.52. The molecule has 0 radical (unpaired) electrons. The number of hydrogen-bond donors (Lipinski definition) is 1. The van der Waals surface area contributed by atoms with Gasteiger partial charge in [0.15, 0.2) is 6.67 Å². The number of alkyl halides is 3. The van der Waals surface area contributed by atoms with E-state index in [-0.39, 0.29) is 0 Å². The van der Waals surface area contributed by atoms with Crippen molar-refractivity contribution in [3.63, 3.8) is 0 Å². The average molecular weight is 357 g/mol. The van der Waals surface area contributed by atoms with Crippen LogP contribution in [0, 0.1) is 4.77 Å². The number of aromatic nitrogens is 3. The van der Waals surface area contributed by atoms with Gasteiger partial charge in [-0.25, -0.2) is 0 Å². The Morgan fingerprint density at radius 1 is 1.25 bits per heavy atom. The predicted octanol–water partition coefficient (Wildman–Crippen LogP) is 2.52. The third kappa shape index (κ3) is 3.70. The van der Waals surface area contributed by atoms with E-state index in [1.165, 1.54) is 12.1 Å². The summed E-state index contributed by atoms with van der Waals surface area (Å²) in [5.41, 5.74) is 0.232. The van der Waals surface area contributed by atoms with Crippen molar-refractivity contribution in [2.24, 2.45) is 7.05 Å². The topological polar surface area (TPSA) is 27.2 Å². The minimum Gasteiger partial charge on any atom is -0.315 e. The second-order valence-corrected chi connectivity index (χ2v) is 6.83. The molecule has 1 aromatic heterocycles. The molecule has 3 rings (SSSR count). The van der Waals surface area contributed by atoms with E-state index in [9.17, 15) is 13.2 Å². The van der Waals surface area contributed by atoms with E-state index < -0.39 is 11.7 Å². The fourth-order valence-electron chi connectivity index (χ4n) is 2.78. The van der Waals surface area contributed by atoms with Crippen molar-refractivity contribution in [1.82, 2.24) is 14.3 Å².